The van der Waals surface area contributed by atoms with Gasteiger partial charge in [0.25, 0.3) is 10.1 Å². The van der Waals surface area contributed by atoms with Gasteiger partial charge in [0.05, 0.1) is 0 Å². The van der Waals surface area contributed by atoms with Crippen molar-refractivity contribution < 1.29 is 17.8 Å². The lowest BCUT2D eigenvalue weighted by Crippen LogP contribution is -2.10. The Balaban J connectivity index is 3.39. The van der Waals surface area contributed by atoms with E-state index in [2.05, 4.69) is 18.5 Å². The summed E-state index contributed by atoms with van der Waals surface area (Å²) in [7, 11) is -4.36. The van der Waals surface area contributed by atoms with Gasteiger partial charge in [-0.2, -0.15) is 8.42 Å². The molecule has 2 N–H and O–H groups in total. The molecule has 1 amide bonds. The molecule has 0 aliphatic rings. The van der Waals surface area contributed by atoms with Crippen molar-refractivity contribution in [3.05, 3.63) is 43.0 Å². The van der Waals surface area contributed by atoms with Gasteiger partial charge in [0.2, 0.25) is 5.91 Å². The van der Waals surface area contributed by atoms with Crippen LogP contribution in [0.25, 0.3) is 6.08 Å². The van der Waals surface area contributed by atoms with Gasteiger partial charge in [0.1, 0.15) is 4.90 Å². The van der Waals surface area contributed by atoms with Crippen LogP contribution >= 0.6 is 0 Å². The average molecular weight is 253 g/mol. The zero-order valence-electron chi connectivity index (χ0n) is 8.88. The van der Waals surface area contributed by atoms with E-state index in [1.807, 2.05) is 0 Å². The van der Waals surface area contributed by atoms with Crippen LogP contribution in [0.2, 0.25) is 0 Å². The van der Waals surface area contributed by atoms with Crippen LogP contribution in [0.5, 0.6) is 0 Å². The summed E-state index contributed by atoms with van der Waals surface area (Å²) in [5, 5.41) is 2.42. The van der Waals surface area contributed by atoms with Crippen molar-refractivity contribution in [2.75, 3.05) is 5.32 Å². The summed E-state index contributed by atoms with van der Waals surface area (Å²) in [4.78, 5) is 10.8. The van der Waals surface area contributed by atoms with Crippen LogP contribution in [0.3, 0.4) is 0 Å². The Morgan fingerprint density at radius 3 is 2.47 bits per heavy atom. The van der Waals surface area contributed by atoms with Gasteiger partial charge in [-0.1, -0.05) is 25.3 Å². The van der Waals surface area contributed by atoms with E-state index in [4.69, 9.17) is 4.55 Å². The average Bonchev–Trinajstić information content (AvgIpc) is 2.27. The van der Waals surface area contributed by atoms with Gasteiger partial charge in [0, 0.05) is 11.3 Å². The van der Waals surface area contributed by atoms with Crippen LogP contribution < -0.4 is 5.32 Å². The first-order chi connectivity index (χ1) is 7.90. The third kappa shape index (κ3) is 3.02. The predicted molar refractivity (Wildman–Crippen MR) is 65.2 cm³/mol. The summed E-state index contributed by atoms with van der Waals surface area (Å²) in [5.41, 5.74) is 0.366. The number of anilines is 1. The van der Waals surface area contributed by atoms with E-state index in [0.29, 0.717) is 0 Å². The van der Waals surface area contributed by atoms with Crippen LogP contribution in [0.1, 0.15) is 5.56 Å². The number of carbonyl (C=O) groups excluding carboxylic acids is 1. The molecule has 0 aromatic heterocycles. The van der Waals surface area contributed by atoms with Crippen molar-refractivity contribution in [1.82, 2.24) is 0 Å². The molecule has 5 nitrogen and oxygen atoms in total. The molecule has 1 aromatic carbocycles. The highest BCUT2D eigenvalue weighted by Crippen LogP contribution is 2.25. The molecule has 0 unspecified atom stereocenters. The van der Waals surface area contributed by atoms with E-state index in [-0.39, 0.29) is 16.1 Å². The van der Waals surface area contributed by atoms with E-state index in [9.17, 15) is 13.2 Å². The summed E-state index contributed by atoms with van der Waals surface area (Å²) in [6.45, 7) is 6.72. The molecule has 0 fully saturated rings. The molecule has 6 heteroatoms. The molecule has 1 rings (SSSR count). The SMILES string of the molecule is C=CC(=O)Nc1cccc(S(=O)(=O)O)c1C=C. The monoisotopic (exact) mass is 253 g/mol. The molecule has 0 aliphatic heterocycles. The molecule has 0 heterocycles. The molecule has 0 saturated carbocycles. The summed E-state index contributed by atoms with van der Waals surface area (Å²) >= 11 is 0. The van der Waals surface area contributed by atoms with Crippen LogP contribution in [-0.2, 0) is 14.9 Å². The van der Waals surface area contributed by atoms with E-state index in [1.54, 1.807) is 0 Å². The fourth-order valence-corrected chi connectivity index (χ4v) is 1.99. The maximum atomic E-state index is 11.1. The summed E-state index contributed by atoms with van der Waals surface area (Å²) in [5.74, 6) is -0.486. The van der Waals surface area contributed by atoms with E-state index in [1.165, 1.54) is 24.3 Å². The number of amides is 1. The van der Waals surface area contributed by atoms with Crippen LogP contribution in [0.4, 0.5) is 5.69 Å². The highest BCUT2D eigenvalue weighted by atomic mass is 32.2. The molecule has 0 bridgehead atoms. The molecule has 0 radical (unpaired) electrons. The zero-order valence-corrected chi connectivity index (χ0v) is 9.70. The smallest absolute Gasteiger partial charge is 0.295 e. The number of rotatable bonds is 4. The fraction of sp³-hybridized carbons (Fsp3) is 0. The molecule has 1 aromatic rings. The number of nitrogens with one attached hydrogen (secondary N) is 1. The summed E-state index contributed by atoms with van der Waals surface area (Å²) in [6.07, 6.45) is 2.29. The van der Waals surface area contributed by atoms with Crippen molar-refractivity contribution in [3.63, 3.8) is 0 Å². The highest BCUT2D eigenvalue weighted by molar-refractivity contribution is 7.86. The van der Waals surface area contributed by atoms with E-state index < -0.39 is 16.0 Å². The van der Waals surface area contributed by atoms with Gasteiger partial charge in [-0.05, 0) is 18.2 Å². The Hall–Kier alpha value is -1.92. The van der Waals surface area contributed by atoms with Crippen LogP contribution in [-0.4, -0.2) is 18.9 Å². The molecule has 0 spiro atoms. The topological polar surface area (TPSA) is 83.5 Å². The van der Waals surface area contributed by atoms with Crippen molar-refractivity contribution in [3.8, 4) is 0 Å². The molecule has 17 heavy (non-hydrogen) atoms. The third-order valence-electron chi connectivity index (χ3n) is 1.99. The lowest BCUT2D eigenvalue weighted by atomic mass is 10.1. The highest BCUT2D eigenvalue weighted by Gasteiger charge is 2.16. The van der Waals surface area contributed by atoms with E-state index >= 15 is 0 Å². The van der Waals surface area contributed by atoms with Crippen molar-refractivity contribution in [2.45, 2.75) is 4.90 Å². The minimum Gasteiger partial charge on any atom is -0.322 e. The lowest BCUT2D eigenvalue weighted by Gasteiger charge is -2.09. The largest absolute Gasteiger partial charge is 0.322 e. The zero-order chi connectivity index (χ0) is 13.1. The van der Waals surface area contributed by atoms with Crippen molar-refractivity contribution >= 4 is 27.8 Å². The Labute approximate surface area is 99.2 Å². The first-order valence-corrected chi connectivity index (χ1v) is 6.00. The number of hydrogen-bond donors (Lipinski definition) is 2. The second-order valence-electron chi connectivity index (χ2n) is 3.09. The molecular formula is C11H11NO4S. The van der Waals surface area contributed by atoms with Gasteiger partial charge in [-0.3, -0.25) is 9.35 Å². The Morgan fingerprint density at radius 2 is 2.00 bits per heavy atom. The van der Waals surface area contributed by atoms with Gasteiger partial charge in [-0.25, -0.2) is 0 Å². The van der Waals surface area contributed by atoms with Crippen molar-refractivity contribution in [1.29, 1.82) is 0 Å². The van der Waals surface area contributed by atoms with Gasteiger partial charge >= 0.3 is 0 Å². The first kappa shape index (κ1) is 13.1. The first-order valence-electron chi connectivity index (χ1n) is 4.56. The molecule has 0 atom stereocenters. The normalized spacial score (nSPS) is 10.6. The fourth-order valence-electron chi connectivity index (χ4n) is 1.27. The Bertz CT molecular complexity index is 575. The third-order valence-corrected chi connectivity index (χ3v) is 2.90. The molecular weight excluding hydrogens is 242 g/mol. The number of carbonyl (C=O) groups is 1. The van der Waals surface area contributed by atoms with Crippen LogP contribution in [0, 0.1) is 0 Å². The molecule has 0 saturated heterocycles. The Morgan fingerprint density at radius 1 is 1.35 bits per heavy atom. The minimum absolute atomic E-state index is 0.130. The summed E-state index contributed by atoms with van der Waals surface area (Å²) in [6, 6.07) is 4.11. The minimum atomic E-state index is -4.36. The Kier molecular flexibility index (Phi) is 3.82. The van der Waals surface area contributed by atoms with Gasteiger partial charge in [-0.15, -0.1) is 0 Å². The van der Waals surface area contributed by atoms with Gasteiger partial charge in [0.15, 0.2) is 0 Å². The molecule has 0 aliphatic carbocycles. The van der Waals surface area contributed by atoms with Crippen LogP contribution in [0.15, 0.2) is 42.3 Å². The molecule has 90 valence electrons. The maximum Gasteiger partial charge on any atom is 0.295 e. The number of benzene rings is 1. The maximum absolute atomic E-state index is 11.1. The standard InChI is InChI=1S/C11H11NO4S/c1-3-8-9(12-11(13)4-2)6-5-7-10(8)17(14,15)16/h3-7H,1-2H2,(H,12,13)(H,14,15,16). The summed E-state index contributed by atoms with van der Waals surface area (Å²) < 4.78 is 31.2. The quantitative estimate of drug-likeness (QED) is 0.632. The van der Waals surface area contributed by atoms with Gasteiger partial charge < -0.3 is 5.32 Å². The predicted octanol–water partition coefficient (Wildman–Crippen LogP) is 1.70. The lowest BCUT2D eigenvalue weighted by molar-refractivity contribution is -0.111. The van der Waals surface area contributed by atoms with Crippen molar-refractivity contribution in [2.24, 2.45) is 0 Å². The van der Waals surface area contributed by atoms with E-state index in [0.717, 1.165) is 6.08 Å². The second kappa shape index (κ2) is 4.94. The number of hydrogen-bond acceptors (Lipinski definition) is 3. The second-order valence-corrected chi connectivity index (χ2v) is 4.48.